The summed E-state index contributed by atoms with van der Waals surface area (Å²) < 4.78 is 29.0. The van der Waals surface area contributed by atoms with Crippen molar-refractivity contribution in [1.82, 2.24) is 0 Å². The van der Waals surface area contributed by atoms with Gasteiger partial charge in [-0.2, -0.15) is 0 Å². The molecule has 3 nitrogen and oxygen atoms in total. The Morgan fingerprint density at radius 2 is 2.00 bits per heavy atom. The maximum atomic E-state index is 9.96. The van der Waals surface area contributed by atoms with E-state index in [0.29, 0.717) is 6.42 Å². The van der Waals surface area contributed by atoms with Crippen LogP contribution in [0, 0.1) is 0 Å². The summed E-state index contributed by atoms with van der Waals surface area (Å²) >= 11 is 2.70. The fourth-order valence-electron chi connectivity index (χ4n) is 0.204. The van der Waals surface area contributed by atoms with E-state index in [1.807, 2.05) is 0 Å². The molecule has 50 valence electrons. The van der Waals surface area contributed by atoms with Crippen LogP contribution in [0.2, 0.25) is 0 Å². The molecule has 1 unspecified atom stereocenters. The Labute approximate surface area is 106 Å². The van der Waals surface area contributed by atoms with Gasteiger partial charge in [0.2, 0.25) is 0 Å². The molecule has 0 aliphatic heterocycles. The monoisotopic (exact) mass is 240 g/mol. The van der Waals surface area contributed by atoms with E-state index in [0.717, 1.165) is 0 Å². The van der Waals surface area contributed by atoms with Crippen LogP contribution in [0.3, 0.4) is 0 Å². The molecular formula is C3H6BrKO3S. The second kappa shape index (κ2) is 5.65. The van der Waals surface area contributed by atoms with Crippen LogP contribution in [-0.2, 0) is 10.1 Å². The van der Waals surface area contributed by atoms with E-state index < -0.39 is 14.3 Å². The first-order valence-corrected chi connectivity index (χ1v) is 4.46. The second-order valence-electron chi connectivity index (χ2n) is 1.31. The van der Waals surface area contributed by atoms with Crippen molar-refractivity contribution < 1.29 is 64.4 Å². The molecular weight excluding hydrogens is 235 g/mol. The van der Waals surface area contributed by atoms with E-state index in [1.165, 1.54) is 0 Å². The number of halogens is 1. The van der Waals surface area contributed by atoms with Crippen LogP contribution < -0.4 is 51.4 Å². The molecule has 0 radical (unpaired) electrons. The van der Waals surface area contributed by atoms with E-state index in [2.05, 4.69) is 15.9 Å². The van der Waals surface area contributed by atoms with Crippen molar-refractivity contribution in [2.24, 2.45) is 0 Å². The Hall–Kier alpha value is 2.03. The molecule has 0 amide bonds. The van der Waals surface area contributed by atoms with Crippen molar-refractivity contribution in [3.05, 3.63) is 0 Å². The van der Waals surface area contributed by atoms with Gasteiger partial charge < -0.3 is 4.55 Å². The molecule has 0 saturated heterocycles. The minimum absolute atomic E-state index is 0. The van der Waals surface area contributed by atoms with Gasteiger partial charge >= 0.3 is 51.4 Å². The summed E-state index contributed by atoms with van der Waals surface area (Å²) in [6, 6.07) is 0. The predicted octanol–water partition coefficient (Wildman–Crippen LogP) is -2.33. The second-order valence-corrected chi connectivity index (χ2v) is 4.58. The van der Waals surface area contributed by atoms with E-state index in [-0.39, 0.29) is 51.4 Å². The molecule has 0 aromatic rings. The van der Waals surface area contributed by atoms with Crippen LogP contribution >= 0.6 is 15.9 Å². The topological polar surface area (TPSA) is 57.2 Å². The molecule has 0 aromatic heterocycles. The molecule has 0 saturated carbocycles. The Bertz CT molecular complexity index is 154. The Kier molecular flexibility index (Phi) is 8.54. The first kappa shape index (κ1) is 13.6. The predicted molar refractivity (Wildman–Crippen MR) is 32.7 cm³/mol. The third-order valence-corrected chi connectivity index (χ3v) is 3.61. The molecule has 0 heterocycles. The quantitative estimate of drug-likeness (QED) is 0.309. The van der Waals surface area contributed by atoms with Crippen LogP contribution in [0.15, 0.2) is 0 Å². The molecule has 9 heavy (non-hydrogen) atoms. The van der Waals surface area contributed by atoms with E-state index in [4.69, 9.17) is 0 Å². The third-order valence-electron chi connectivity index (χ3n) is 0.634. The van der Waals surface area contributed by atoms with Gasteiger partial charge in [0.25, 0.3) is 0 Å². The summed E-state index contributed by atoms with van der Waals surface area (Å²) in [6.07, 6.45) is 0.311. The SMILES string of the molecule is CCC(Br)S(=O)(=O)[O-].[K+]. The van der Waals surface area contributed by atoms with Gasteiger partial charge in [0.1, 0.15) is 14.3 Å². The van der Waals surface area contributed by atoms with Gasteiger partial charge in [-0.15, -0.1) is 0 Å². The van der Waals surface area contributed by atoms with Crippen molar-refractivity contribution in [2.75, 3.05) is 0 Å². The van der Waals surface area contributed by atoms with Crippen LogP contribution in [0.25, 0.3) is 0 Å². The molecule has 0 spiro atoms. The minimum Gasteiger partial charge on any atom is -0.747 e. The molecule has 0 fully saturated rings. The van der Waals surface area contributed by atoms with Gasteiger partial charge in [-0.05, 0) is 6.42 Å². The largest absolute Gasteiger partial charge is 1.00 e. The van der Waals surface area contributed by atoms with Crippen LogP contribution in [0.4, 0.5) is 0 Å². The van der Waals surface area contributed by atoms with Gasteiger partial charge in [0.15, 0.2) is 0 Å². The first-order chi connectivity index (χ1) is 3.48. The summed E-state index contributed by atoms with van der Waals surface area (Å²) in [5.74, 6) is 0. The number of rotatable bonds is 2. The zero-order valence-corrected chi connectivity index (χ0v) is 10.8. The van der Waals surface area contributed by atoms with E-state index in [1.54, 1.807) is 6.92 Å². The zero-order chi connectivity index (χ0) is 6.78. The van der Waals surface area contributed by atoms with Gasteiger partial charge in [-0.25, -0.2) is 8.42 Å². The van der Waals surface area contributed by atoms with Crippen LogP contribution in [0.1, 0.15) is 13.3 Å². The fraction of sp³-hybridized carbons (Fsp3) is 1.00. The summed E-state index contributed by atoms with van der Waals surface area (Å²) in [5, 5.41) is 0. The fourth-order valence-corrected chi connectivity index (χ4v) is 0.612. The van der Waals surface area contributed by atoms with E-state index >= 15 is 0 Å². The van der Waals surface area contributed by atoms with Crippen LogP contribution in [0.5, 0.6) is 0 Å². The van der Waals surface area contributed by atoms with E-state index in [9.17, 15) is 13.0 Å². The Balaban J connectivity index is 0. The smallest absolute Gasteiger partial charge is 0.747 e. The molecule has 6 heteroatoms. The third kappa shape index (κ3) is 6.43. The van der Waals surface area contributed by atoms with Crippen molar-refractivity contribution in [1.29, 1.82) is 0 Å². The average Bonchev–Trinajstić information content (AvgIpc) is 1.62. The molecule has 1 atom stereocenters. The summed E-state index contributed by atoms with van der Waals surface area (Å²) in [4.78, 5) is 0. The number of alkyl halides is 1. The van der Waals surface area contributed by atoms with Gasteiger partial charge in [0.05, 0.1) is 0 Å². The maximum absolute atomic E-state index is 9.96. The Morgan fingerprint density at radius 3 is 2.00 bits per heavy atom. The molecule has 0 aliphatic rings. The number of hydrogen-bond acceptors (Lipinski definition) is 3. The molecule has 0 rings (SSSR count). The normalized spacial score (nSPS) is 14.1. The summed E-state index contributed by atoms with van der Waals surface area (Å²) in [5.41, 5.74) is 0. The number of hydrogen-bond donors (Lipinski definition) is 0. The molecule has 0 aromatic carbocycles. The average molecular weight is 241 g/mol. The van der Waals surface area contributed by atoms with Crippen molar-refractivity contribution in [3.8, 4) is 0 Å². The maximum Gasteiger partial charge on any atom is 1.00 e. The first-order valence-electron chi connectivity index (χ1n) is 2.07. The molecule has 0 aliphatic carbocycles. The van der Waals surface area contributed by atoms with Gasteiger partial charge in [-0.1, -0.05) is 22.9 Å². The standard InChI is InChI=1S/C3H7BrO3S.K/c1-2-3(4)8(5,6)7;/h3H,2H2,1H3,(H,5,6,7);/q;+1/p-1. The molecule has 0 N–H and O–H groups in total. The summed E-state index contributed by atoms with van der Waals surface area (Å²) in [7, 11) is -4.09. The van der Waals surface area contributed by atoms with Gasteiger partial charge in [0, 0.05) is 0 Å². The van der Waals surface area contributed by atoms with Crippen molar-refractivity contribution in [3.63, 3.8) is 0 Å². The zero-order valence-electron chi connectivity index (χ0n) is 5.30. The molecule has 0 bridgehead atoms. The van der Waals surface area contributed by atoms with Crippen molar-refractivity contribution >= 4 is 26.0 Å². The minimum atomic E-state index is -4.09. The van der Waals surface area contributed by atoms with Crippen LogP contribution in [-0.4, -0.2) is 17.1 Å². The Morgan fingerprint density at radius 1 is 1.67 bits per heavy atom. The van der Waals surface area contributed by atoms with Crippen molar-refractivity contribution in [2.45, 2.75) is 17.5 Å². The van der Waals surface area contributed by atoms with Gasteiger partial charge in [-0.3, -0.25) is 0 Å². The summed E-state index contributed by atoms with van der Waals surface area (Å²) in [6.45, 7) is 1.62.